The number of fused-ring (bicyclic) bond motifs is 4. The Bertz CT molecular complexity index is 3040. The molecule has 3 heterocycles. The van der Waals surface area contributed by atoms with Gasteiger partial charge >= 0.3 is 0 Å². The predicted octanol–water partition coefficient (Wildman–Crippen LogP) is 15.4. The van der Waals surface area contributed by atoms with Crippen LogP contribution in [0.2, 0.25) is 0 Å². The number of furan rings is 1. The number of hydrogen-bond donors (Lipinski definition) is 0. The molecule has 0 saturated heterocycles. The van der Waals surface area contributed by atoms with Gasteiger partial charge in [-0.3, -0.25) is 4.98 Å². The second-order valence-electron chi connectivity index (χ2n) is 16.4. The van der Waals surface area contributed by atoms with E-state index in [9.17, 15) is 0 Å². The van der Waals surface area contributed by atoms with E-state index < -0.39 is 12.7 Å². The van der Waals surface area contributed by atoms with Crippen molar-refractivity contribution in [1.29, 1.82) is 0 Å². The first kappa shape index (κ1) is 37.4. The van der Waals surface area contributed by atoms with Gasteiger partial charge in [-0.05, 0) is 105 Å². The molecular weight excluding hydrogens is 911 g/mol. The molecule has 9 rings (SSSR count). The van der Waals surface area contributed by atoms with Gasteiger partial charge in [0.2, 0.25) is 0 Å². The second-order valence-corrected chi connectivity index (χ2v) is 16.4. The quantitative estimate of drug-likeness (QED) is 0.143. The minimum absolute atomic E-state index is 0. The molecule has 0 aliphatic carbocycles. The van der Waals surface area contributed by atoms with E-state index in [-0.39, 0.29) is 25.7 Å². The summed E-state index contributed by atoms with van der Waals surface area (Å²) in [5.41, 5.74) is 14.2. The largest absolute Gasteiger partial charge is 0.501 e. The summed E-state index contributed by atoms with van der Waals surface area (Å²) >= 11 is 0. The summed E-state index contributed by atoms with van der Waals surface area (Å²) in [6.45, 7) is 14.7. The zero-order valence-electron chi connectivity index (χ0n) is 39.5. The Labute approximate surface area is 374 Å². The molecule has 1 radical (unpaired) electrons. The molecule has 5 heteroatoms. The van der Waals surface area contributed by atoms with E-state index >= 15 is 0 Å². The Morgan fingerprint density at radius 2 is 1.38 bits per heavy atom. The molecule has 0 bridgehead atoms. The van der Waals surface area contributed by atoms with Crippen molar-refractivity contribution >= 4 is 33.0 Å². The molecule has 4 nitrogen and oxygen atoms in total. The summed E-state index contributed by atoms with van der Waals surface area (Å²) in [6.07, 6.45) is 1.36. The Kier molecular flexibility index (Phi) is 11.2. The predicted molar refractivity (Wildman–Crippen MR) is 248 cm³/mol. The van der Waals surface area contributed by atoms with Crippen LogP contribution in [0.15, 0.2) is 138 Å². The fraction of sp³-hybridized carbons (Fsp3) is 0.236. The summed E-state index contributed by atoms with van der Waals surface area (Å²) < 4.78 is 39.9. The van der Waals surface area contributed by atoms with Crippen molar-refractivity contribution in [3.8, 4) is 39.5 Å². The first-order valence-electron chi connectivity index (χ1n) is 22.6. The minimum Gasteiger partial charge on any atom is -0.501 e. The van der Waals surface area contributed by atoms with E-state index in [0.29, 0.717) is 29.0 Å². The number of hydrogen-bond acceptors (Lipinski definition) is 3. The molecule has 60 heavy (non-hydrogen) atoms. The van der Waals surface area contributed by atoms with Crippen molar-refractivity contribution in [2.75, 3.05) is 0 Å². The molecule has 0 unspecified atom stereocenters. The van der Waals surface area contributed by atoms with Gasteiger partial charge < -0.3 is 14.0 Å². The van der Waals surface area contributed by atoms with Crippen LogP contribution in [0.4, 0.5) is 0 Å². The third-order valence-electron chi connectivity index (χ3n) is 11.1. The van der Waals surface area contributed by atoms with Gasteiger partial charge in [0.25, 0.3) is 0 Å². The number of pyridine rings is 1. The average molecular weight is 968 g/mol. The van der Waals surface area contributed by atoms with Crippen LogP contribution in [-0.4, -0.2) is 14.5 Å². The number of imidazole rings is 1. The van der Waals surface area contributed by atoms with Crippen LogP contribution in [-0.2, 0) is 20.1 Å². The van der Waals surface area contributed by atoms with E-state index in [2.05, 4.69) is 154 Å². The van der Waals surface area contributed by atoms with Crippen molar-refractivity contribution in [2.45, 2.75) is 85.9 Å². The van der Waals surface area contributed by atoms with Crippen LogP contribution >= 0.6 is 0 Å². The third-order valence-corrected chi connectivity index (χ3v) is 11.1. The van der Waals surface area contributed by atoms with Gasteiger partial charge in [-0.25, -0.2) is 0 Å². The number of para-hydroxylation sites is 2. The van der Waals surface area contributed by atoms with E-state index in [1.807, 2.05) is 24.3 Å². The Hall–Kier alpha value is -5.61. The molecule has 6 aromatic carbocycles. The van der Waals surface area contributed by atoms with Gasteiger partial charge in [0.15, 0.2) is 0 Å². The normalized spacial score (nSPS) is 12.9. The summed E-state index contributed by atoms with van der Waals surface area (Å²) in [5, 5.41) is 2.21. The van der Waals surface area contributed by atoms with Gasteiger partial charge in [0.05, 0.1) is 22.4 Å². The summed E-state index contributed by atoms with van der Waals surface area (Å²) in [7, 11) is 0. The maximum atomic E-state index is 8.16. The van der Waals surface area contributed by atoms with Crippen molar-refractivity contribution in [2.24, 2.45) is 0 Å². The smallest absolute Gasteiger partial charge is 0.121 e. The van der Waals surface area contributed by atoms with E-state index in [4.69, 9.17) is 14.9 Å². The van der Waals surface area contributed by atoms with Crippen molar-refractivity contribution in [3.05, 3.63) is 174 Å². The van der Waals surface area contributed by atoms with Crippen LogP contribution in [0, 0.1) is 19.0 Å². The number of aryl methyl sites for hydroxylation is 1. The molecule has 3 aromatic heterocycles. The van der Waals surface area contributed by atoms with Crippen LogP contribution < -0.4 is 0 Å². The molecule has 0 aliphatic rings. The molecule has 0 atom stereocenters. The summed E-state index contributed by atoms with van der Waals surface area (Å²) in [4.78, 5) is 9.49. The monoisotopic (exact) mass is 968 g/mol. The standard InChI is InChI=1S/C40H37N2O.C15H16N.Ir/c1-24(2)28-19-20-30-31-15-12-16-32(39(31)43-37(30)23-28)40-41-35-17-10-11-18-36(35)42(40)38-33(25(3)4)21-29(22-34(38)26(5)6)27-13-8-7-9-14-27;1-11(2)14-9-15(16-10-12(14)3)13-7-5-4-6-8-13;/h7-15,17-26H,1-6H3;4-7,9-11H,1-3H3;/q2*-1;/i;3D3,11D;. The second kappa shape index (κ2) is 17.9. The van der Waals surface area contributed by atoms with Gasteiger partial charge in [0.1, 0.15) is 5.58 Å². The van der Waals surface area contributed by atoms with Crippen molar-refractivity contribution in [3.63, 3.8) is 0 Å². The molecule has 0 spiro atoms. The maximum absolute atomic E-state index is 8.16. The van der Waals surface area contributed by atoms with E-state index in [1.165, 1.54) is 39.7 Å². The van der Waals surface area contributed by atoms with Gasteiger partial charge in [-0.1, -0.05) is 127 Å². The number of benzene rings is 6. The number of nitrogens with zero attached hydrogens (tertiary/aromatic N) is 3. The average Bonchev–Trinajstić information content (AvgIpc) is 3.84. The molecule has 0 fully saturated rings. The van der Waals surface area contributed by atoms with Crippen LogP contribution in [0.1, 0.15) is 112 Å². The molecule has 0 saturated carbocycles. The Morgan fingerprint density at radius 1 is 0.667 bits per heavy atom. The molecule has 9 aromatic rings. The van der Waals surface area contributed by atoms with Crippen molar-refractivity contribution < 1.29 is 30.0 Å². The Balaban J connectivity index is 0.000000246. The molecule has 0 amide bonds. The van der Waals surface area contributed by atoms with Crippen LogP contribution in [0.3, 0.4) is 0 Å². The fourth-order valence-corrected chi connectivity index (χ4v) is 7.89. The fourth-order valence-electron chi connectivity index (χ4n) is 7.89. The zero-order valence-corrected chi connectivity index (χ0v) is 37.9. The first-order valence-corrected chi connectivity index (χ1v) is 20.6. The van der Waals surface area contributed by atoms with Crippen LogP contribution in [0.25, 0.3) is 72.4 Å². The zero-order chi connectivity index (χ0) is 44.8. The number of aromatic nitrogens is 3. The van der Waals surface area contributed by atoms with Gasteiger partial charge in [0, 0.05) is 42.9 Å². The first-order chi connectivity index (χ1) is 30.0. The van der Waals surface area contributed by atoms with Gasteiger partial charge in [-0.15, -0.1) is 54.1 Å². The molecular formula is C55H53IrN3O-2. The summed E-state index contributed by atoms with van der Waals surface area (Å²) in [5.74, 6) is 0.869. The Morgan fingerprint density at radius 3 is 2.05 bits per heavy atom. The number of rotatable bonds is 8. The molecule has 0 aliphatic heterocycles. The van der Waals surface area contributed by atoms with Gasteiger partial charge in [-0.2, -0.15) is 0 Å². The summed E-state index contributed by atoms with van der Waals surface area (Å²) in [6, 6.07) is 50.3. The van der Waals surface area contributed by atoms with E-state index in [1.54, 1.807) is 26.0 Å². The third kappa shape index (κ3) is 8.26. The van der Waals surface area contributed by atoms with Crippen LogP contribution in [0.5, 0.6) is 0 Å². The topological polar surface area (TPSA) is 43.9 Å². The molecule has 0 N–H and O–H groups in total. The van der Waals surface area contributed by atoms with Crippen molar-refractivity contribution in [1.82, 2.24) is 14.5 Å². The SMILES string of the molecule is CC(C)c1ccc2c(c1)oc1c(-c3nc4ccccc4n3-c3c(C(C)C)cc(-c4ccccc4)cc3C(C)C)[c-]ccc12.[2H]C([2H])([2H])c1cnc(-c2[c-]cccc2)cc1C([2H])(C)C.[Ir]. The maximum Gasteiger partial charge on any atom is 0.121 e. The minimum atomic E-state index is -2.26. The van der Waals surface area contributed by atoms with E-state index in [0.717, 1.165) is 49.9 Å². The molecule has 305 valence electrons.